The van der Waals surface area contributed by atoms with E-state index in [4.69, 9.17) is 4.74 Å². The lowest BCUT2D eigenvalue weighted by molar-refractivity contribution is 0.234. The zero-order chi connectivity index (χ0) is 14.2. The number of carbonyl (C=O) groups excluding carboxylic acids is 1. The topological polar surface area (TPSA) is 50.4 Å². The van der Waals surface area contributed by atoms with Crippen molar-refractivity contribution in [1.82, 2.24) is 5.32 Å². The van der Waals surface area contributed by atoms with Gasteiger partial charge >= 0.3 is 6.03 Å². The average molecular weight is 270 g/mol. The van der Waals surface area contributed by atoms with E-state index in [1.807, 2.05) is 54.6 Å². The molecule has 0 unspecified atom stereocenters. The Hall–Kier alpha value is -2.49. The zero-order valence-electron chi connectivity index (χ0n) is 11.4. The van der Waals surface area contributed by atoms with E-state index in [-0.39, 0.29) is 12.8 Å². The Bertz CT molecular complexity index is 538. The van der Waals surface area contributed by atoms with Crippen LogP contribution in [0.15, 0.2) is 54.6 Å². The van der Waals surface area contributed by atoms with Crippen LogP contribution in [-0.4, -0.2) is 12.8 Å². The molecule has 0 aliphatic heterocycles. The molecule has 2 rings (SSSR count). The van der Waals surface area contributed by atoms with Gasteiger partial charge in [-0.05, 0) is 36.2 Å². The highest BCUT2D eigenvalue weighted by Crippen LogP contribution is 2.10. The number of anilines is 1. The van der Waals surface area contributed by atoms with Crippen LogP contribution in [0, 0.1) is 0 Å². The van der Waals surface area contributed by atoms with Crippen molar-refractivity contribution in [1.29, 1.82) is 0 Å². The van der Waals surface area contributed by atoms with Crippen LogP contribution in [0.3, 0.4) is 0 Å². The number of hydrogen-bond donors (Lipinski definition) is 2. The molecule has 0 aliphatic carbocycles. The summed E-state index contributed by atoms with van der Waals surface area (Å²) in [6.07, 6.45) is 0.984. The summed E-state index contributed by atoms with van der Waals surface area (Å²) in [5.74, 6) is 0.722. The van der Waals surface area contributed by atoms with Gasteiger partial charge in [0.2, 0.25) is 0 Å². The number of urea groups is 1. The van der Waals surface area contributed by atoms with E-state index in [0.717, 1.165) is 17.9 Å². The molecule has 0 heterocycles. The summed E-state index contributed by atoms with van der Waals surface area (Å²) in [5.41, 5.74) is 2.00. The highest BCUT2D eigenvalue weighted by Gasteiger charge is 2.01. The summed E-state index contributed by atoms with van der Waals surface area (Å²) in [5, 5.41) is 5.39. The Labute approximate surface area is 118 Å². The van der Waals surface area contributed by atoms with Gasteiger partial charge in [0.15, 0.2) is 6.73 Å². The monoisotopic (exact) mass is 270 g/mol. The van der Waals surface area contributed by atoms with E-state index >= 15 is 0 Å². The van der Waals surface area contributed by atoms with E-state index in [1.165, 1.54) is 5.56 Å². The number of benzene rings is 2. The van der Waals surface area contributed by atoms with Crippen LogP contribution in [-0.2, 0) is 6.42 Å². The van der Waals surface area contributed by atoms with Gasteiger partial charge in [-0.2, -0.15) is 0 Å². The van der Waals surface area contributed by atoms with Crippen molar-refractivity contribution in [2.45, 2.75) is 13.3 Å². The molecule has 20 heavy (non-hydrogen) atoms. The van der Waals surface area contributed by atoms with E-state index in [0.29, 0.717) is 0 Å². The molecule has 0 bridgehead atoms. The van der Waals surface area contributed by atoms with Crippen molar-refractivity contribution in [2.24, 2.45) is 0 Å². The SMILES string of the molecule is CCc1ccc(NC(=O)NCOc2ccccc2)cc1. The minimum Gasteiger partial charge on any atom is -0.473 e. The molecule has 0 atom stereocenters. The summed E-state index contributed by atoms with van der Waals surface area (Å²) >= 11 is 0. The van der Waals surface area contributed by atoms with E-state index in [2.05, 4.69) is 17.6 Å². The Morgan fingerprint density at radius 2 is 1.75 bits per heavy atom. The van der Waals surface area contributed by atoms with E-state index in [1.54, 1.807) is 0 Å². The molecule has 2 amide bonds. The van der Waals surface area contributed by atoms with Gasteiger partial charge in [-0.1, -0.05) is 37.3 Å². The lowest BCUT2D eigenvalue weighted by Crippen LogP contribution is -2.31. The molecule has 2 aromatic rings. The first-order valence-corrected chi connectivity index (χ1v) is 6.59. The highest BCUT2D eigenvalue weighted by atomic mass is 16.5. The van der Waals surface area contributed by atoms with Crippen molar-refractivity contribution in [3.8, 4) is 5.75 Å². The number of hydrogen-bond acceptors (Lipinski definition) is 2. The first-order chi connectivity index (χ1) is 9.78. The van der Waals surface area contributed by atoms with Crippen LogP contribution >= 0.6 is 0 Å². The third-order valence-electron chi connectivity index (χ3n) is 2.83. The minimum absolute atomic E-state index is 0.128. The van der Waals surface area contributed by atoms with Crippen LogP contribution in [0.25, 0.3) is 0 Å². The lowest BCUT2D eigenvalue weighted by atomic mass is 10.1. The van der Waals surface area contributed by atoms with E-state index < -0.39 is 0 Å². The Kier molecular flexibility index (Phi) is 5.00. The largest absolute Gasteiger partial charge is 0.473 e. The van der Waals surface area contributed by atoms with Gasteiger partial charge in [-0.3, -0.25) is 0 Å². The highest BCUT2D eigenvalue weighted by molar-refractivity contribution is 5.89. The van der Waals surface area contributed by atoms with Gasteiger partial charge in [0.25, 0.3) is 0 Å². The van der Waals surface area contributed by atoms with Crippen LogP contribution < -0.4 is 15.4 Å². The number of para-hydroxylation sites is 1. The molecule has 0 saturated heterocycles. The second-order valence-corrected chi connectivity index (χ2v) is 4.28. The number of carbonyl (C=O) groups is 1. The molecule has 0 saturated carbocycles. The molecule has 104 valence electrons. The fraction of sp³-hybridized carbons (Fsp3) is 0.188. The summed E-state index contributed by atoms with van der Waals surface area (Å²) in [6.45, 7) is 2.22. The second-order valence-electron chi connectivity index (χ2n) is 4.28. The minimum atomic E-state index is -0.287. The van der Waals surface area contributed by atoms with Crippen molar-refractivity contribution in [2.75, 3.05) is 12.0 Å². The summed E-state index contributed by atoms with van der Waals surface area (Å²) < 4.78 is 5.38. The van der Waals surface area contributed by atoms with Crippen molar-refractivity contribution >= 4 is 11.7 Å². The normalized spacial score (nSPS) is 9.85. The zero-order valence-corrected chi connectivity index (χ0v) is 11.4. The molecule has 0 radical (unpaired) electrons. The van der Waals surface area contributed by atoms with Crippen molar-refractivity contribution < 1.29 is 9.53 Å². The maximum absolute atomic E-state index is 11.7. The molecular weight excluding hydrogens is 252 g/mol. The third-order valence-corrected chi connectivity index (χ3v) is 2.83. The first-order valence-electron chi connectivity index (χ1n) is 6.59. The third kappa shape index (κ3) is 4.31. The Balaban J connectivity index is 1.74. The summed E-state index contributed by atoms with van der Waals surface area (Å²) in [6, 6.07) is 16.8. The predicted molar refractivity (Wildman–Crippen MR) is 79.9 cm³/mol. The smallest absolute Gasteiger partial charge is 0.321 e. The van der Waals surface area contributed by atoms with Gasteiger partial charge in [0.05, 0.1) is 0 Å². The van der Waals surface area contributed by atoms with Crippen molar-refractivity contribution in [3.63, 3.8) is 0 Å². The number of rotatable bonds is 5. The molecule has 2 aromatic carbocycles. The maximum Gasteiger partial charge on any atom is 0.321 e. The van der Waals surface area contributed by atoms with Gasteiger partial charge in [-0.25, -0.2) is 4.79 Å². The average Bonchev–Trinajstić information content (AvgIpc) is 2.49. The van der Waals surface area contributed by atoms with Gasteiger partial charge < -0.3 is 15.4 Å². The number of nitrogens with one attached hydrogen (secondary N) is 2. The number of amides is 2. The van der Waals surface area contributed by atoms with Crippen LogP contribution in [0.5, 0.6) is 5.75 Å². The number of aryl methyl sites for hydroxylation is 1. The van der Waals surface area contributed by atoms with Gasteiger partial charge in [-0.15, -0.1) is 0 Å². The molecule has 2 N–H and O–H groups in total. The standard InChI is InChI=1S/C16H18N2O2/c1-2-13-8-10-14(11-9-13)18-16(19)17-12-20-15-6-4-3-5-7-15/h3-11H,2,12H2,1H3,(H2,17,18,19). The molecule has 0 aromatic heterocycles. The molecule has 0 fully saturated rings. The molecule has 4 nitrogen and oxygen atoms in total. The Morgan fingerprint density at radius 3 is 2.40 bits per heavy atom. The lowest BCUT2D eigenvalue weighted by Gasteiger charge is -2.09. The second kappa shape index (κ2) is 7.19. The molecule has 0 aliphatic rings. The molecular formula is C16H18N2O2. The summed E-state index contributed by atoms with van der Waals surface area (Å²) in [7, 11) is 0. The first kappa shape index (κ1) is 13.9. The fourth-order valence-corrected chi connectivity index (χ4v) is 1.70. The van der Waals surface area contributed by atoms with Crippen LogP contribution in [0.1, 0.15) is 12.5 Å². The summed E-state index contributed by atoms with van der Waals surface area (Å²) in [4.78, 5) is 11.7. The van der Waals surface area contributed by atoms with E-state index in [9.17, 15) is 4.79 Å². The van der Waals surface area contributed by atoms with Crippen LogP contribution in [0.4, 0.5) is 10.5 Å². The molecule has 0 spiro atoms. The van der Waals surface area contributed by atoms with Crippen molar-refractivity contribution in [3.05, 3.63) is 60.2 Å². The van der Waals surface area contributed by atoms with Crippen LogP contribution in [0.2, 0.25) is 0 Å². The number of ether oxygens (including phenoxy) is 1. The fourth-order valence-electron chi connectivity index (χ4n) is 1.70. The maximum atomic E-state index is 11.7. The van der Waals surface area contributed by atoms with Gasteiger partial charge in [0, 0.05) is 5.69 Å². The Morgan fingerprint density at radius 1 is 1.05 bits per heavy atom. The quantitative estimate of drug-likeness (QED) is 0.818. The predicted octanol–water partition coefficient (Wildman–Crippen LogP) is 3.41. The van der Waals surface area contributed by atoms with Gasteiger partial charge in [0.1, 0.15) is 5.75 Å². The molecule has 4 heteroatoms.